The topological polar surface area (TPSA) is 78.5 Å². The molecule has 6 nitrogen and oxygen atoms in total. The van der Waals surface area contributed by atoms with Gasteiger partial charge < -0.3 is 10.6 Å². The summed E-state index contributed by atoms with van der Waals surface area (Å²) < 4.78 is 13.3. The number of hydrogen-bond donors (Lipinski definition) is 3. The summed E-state index contributed by atoms with van der Waals surface area (Å²) in [6.45, 7) is 0. The van der Waals surface area contributed by atoms with Crippen LogP contribution in [-0.2, 0) is 0 Å². The Labute approximate surface area is 130 Å². The van der Waals surface area contributed by atoms with Gasteiger partial charge in [0, 0.05) is 18.1 Å². The van der Waals surface area contributed by atoms with Crippen LogP contribution in [0.2, 0.25) is 5.02 Å². The van der Waals surface area contributed by atoms with E-state index in [-0.39, 0.29) is 11.8 Å². The van der Waals surface area contributed by atoms with E-state index in [4.69, 9.17) is 11.6 Å². The van der Waals surface area contributed by atoms with Gasteiger partial charge in [-0.25, -0.2) is 9.37 Å². The summed E-state index contributed by atoms with van der Waals surface area (Å²) in [5.41, 5.74) is 1.76. The SMILES string of the molecule is CNc1nc(Nc2cc(-c3ccc(Cl)cc3)[nH]n2)ncc1F. The summed E-state index contributed by atoms with van der Waals surface area (Å²) in [4.78, 5) is 7.87. The third-order valence-electron chi connectivity index (χ3n) is 2.95. The van der Waals surface area contributed by atoms with E-state index < -0.39 is 5.82 Å². The van der Waals surface area contributed by atoms with Crippen molar-refractivity contribution in [2.75, 3.05) is 17.7 Å². The first-order valence-electron chi connectivity index (χ1n) is 6.44. The number of nitrogens with one attached hydrogen (secondary N) is 3. The van der Waals surface area contributed by atoms with Crippen LogP contribution in [0.5, 0.6) is 0 Å². The molecule has 0 saturated carbocycles. The lowest BCUT2D eigenvalue weighted by atomic mass is 10.1. The maximum absolute atomic E-state index is 13.3. The van der Waals surface area contributed by atoms with Crippen LogP contribution < -0.4 is 10.6 Å². The van der Waals surface area contributed by atoms with Crippen LogP contribution in [-0.4, -0.2) is 27.2 Å². The van der Waals surface area contributed by atoms with Gasteiger partial charge >= 0.3 is 0 Å². The van der Waals surface area contributed by atoms with Gasteiger partial charge in [0.25, 0.3) is 0 Å². The van der Waals surface area contributed by atoms with Gasteiger partial charge in [-0.05, 0) is 17.7 Å². The number of H-pyrrole nitrogens is 1. The molecule has 0 aliphatic heterocycles. The zero-order chi connectivity index (χ0) is 15.5. The Morgan fingerprint density at radius 3 is 2.73 bits per heavy atom. The minimum atomic E-state index is -0.517. The van der Waals surface area contributed by atoms with Crippen LogP contribution in [0.1, 0.15) is 0 Å². The highest BCUT2D eigenvalue weighted by Gasteiger charge is 2.08. The monoisotopic (exact) mass is 318 g/mol. The minimum absolute atomic E-state index is 0.117. The van der Waals surface area contributed by atoms with Crippen LogP contribution in [0.25, 0.3) is 11.3 Å². The number of aromatic nitrogens is 4. The maximum Gasteiger partial charge on any atom is 0.230 e. The number of anilines is 3. The highest BCUT2D eigenvalue weighted by Crippen LogP contribution is 2.23. The van der Waals surface area contributed by atoms with Crippen molar-refractivity contribution in [3.05, 3.63) is 47.4 Å². The van der Waals surface area contributed by atoms with Gasteiger partial charge in [-0.3, -0.25) is 5.10 Å². The van der Waals surface area contributed by atoms with Crippen molar-refractivity contribution in [3.63, 3.8) is 0 Å². The highest BCUT2D eigenvalue weighted by atomic mass is 35.5. The molecule has 0 unspecified atom stereocenters. The Hall–Kier alpha value is -2.67. The number of rotatable bonds is 4. The van der Waals surface area contributed by atoms with Gasteiger partial charge in [0.15, 0.2) is 17.5 Å². The third-order valence-corrected chi connectivity index (χ3v) is 3.21. The molecule has 0 bridgehead atoms. The first-order chi connectivity index (χ1) is 10.7. The Morgan fingerprint density at radius 2 is 2.00 bits per heavy atom. The fraction of sp³-hybridized carbons (Fsp3) is 0.0714. The molecule has 2 heterocycles. The standard InChI is InChI=1S/C14H12ClFN6/c1-17-13-10(16)7-18-14(20-13)19-12-6-11(21-22-12)8-2-4-9(15)5-3-8/h2-7H,1H3,(H3,17,18,19,20,21,22). The molecule has 3 N–H and O–H groups in total. The first kappa shape index (κ1) is 14.3. The molecule has 0 amide bonds. The molecule has 3 rings (SSSR count). The van der Waals surface area contributed by atoms with Crippen molar-refractivity contribution in [1.29, 1.82) is 0 Å². The average Bonchev–Trinajstić information content (AvgIpc) is 2.98. The fourth-order valence-corrected chi connectivity index (χ4v) is 2.01. The molecule has 0 fully saturated rings. The highest BCUT2D eigenvalue weighted by molar-refractivity contribution is 6.30. The summed E-state index contributed by atoms with van der Waals surface area (Å²) in [6.07, 6.45) is 1.09. The van der Waals surface area contributed by atoms with Gasteiger partial charge in [-0.2, -0.15) is 10.1 Å². The summed E-state index contributed by atoms with van der Waals surface area (Å²) >= 11 is 5.86. The quantitative estimate of drug-likeness (QED) is 0.686. The van der Waals surface area contributed by atoms with E-state index in [1.54, 1.807) is 25.2 Å². The van der Waals surface area contributed by atoms with Crippen molar-refractivity contribution in [2.45, 2.75) is 0 Å². The molecule has 3 aromatic rings. The van der Waals surface area contributed by atoms with Crippen LogP contribution in [0.15, 0.2) is 36.5 Å². The van der Waals surface area contributed by atoms with E-state index in [0.717, 1.165) is 17.5 Å². The van der Waals surface area contributed by atoms with E-state index in [1.807, 2.05) is 12.1 Å². The molecule has 0 aliphatic rings. The maximum atomic E-state index is 13.3. The summed E-state index contributed by atoms with van der Waals surface area (Å²) in [5, 5.41) is 13.3. The lowest BCUT2D eigenvalue weighted by molar-refractivity contribution is 0.619. The molecular weight excluding hydrogens is 307 g/mol. The zero-order valence-electron chi connectivity index (χ0n) is 11.6. The van der Waals surface area contributed by atoms with E-state index >= 15 is 0 Å². The van der Waals surface area contributed by atoms with Gasteiger partial charge in [0.2, 0.25) is 5.95 Å². The second-order valence-electron chi connectivity index (χ2n) is 4.44. The van der Waals surface area contributed by atoms with E-state index in [9.17, 15) is 4.39 Å². The molecular formula is C14H12ClFN6. The Kier molecular flexibility index (Phi) is 3.88. The van der Waals surface area contributed by atoms with E-state index in [1.165, 1.54) is 0 Å². The van der Waals surface area contributed by atoms with Crippen molar-refractivity contribution in [2.24, 2.45) is 0 Å². The molecule has 112 valence electrons. The zero-order valence-corrected chi connectivity index (χ0v) is 12.3. The summed E-state index contributed by atoms with van der Waals surface area (Å²) in [6, 6.07) is 9.16. The largest absolute Gasteiger partial charge is 0.371 e. The predicted molar refractivity (Wildman–Crippen MR) is 83.9 cm³/mol. The van der Waals surface area contributed by atoms with Gasteiger partial charge in [-0.15, -0.1) is 0 Å². The van der Waals surface area contributed by atoms with Crippen molar-refractivity contribution in [3.8, 4) is 11.3 Å². The molecule has 8 heteroatoms. The van der Waals surface area contributed by atoms with Crippen molar-refractivity contribution < 1.29 is 4.39 Å². The summed E-state index contributed by atoms with van der Waals surface area (Å²) in [7, 11) is 1.59. The predicted octanol–water partition coefficient (Wildman–Crippen LogP) is 3.44. The van der Waals surface area contributed by atoms with Gasteiger partial charge in [0.05, 0.1) is 11.9 Å². The number of halogens is 2. The molecule has 22 heavy (non-hydrogen) atoms. The van der Waals surface area contributed by atoms with Crippen LogP contribution >= 0.6 is 11.6 Å². The number of benzene rings is 1. The van der Waals surface area contributed by atoms with Gasteiger partial charge in [0.1, 0.15) is 0 Å². The molecule has 2 aromatic heterocycles. The molecule has 0 atom stereocenters. The van der Waals surface area contributed by atoms with E-state index in [0.29, 0.717) is 10.8 Å². The lowest BCUT2D eigenvalue weighted by Crippen LogP contribution is -2.03. The average molecular weight is 319 g/mol. The van der Waals surface area contributed by atoms with Crippen LogP contribution in [0.4, 0.5) is 22.0 Å². The minimum Gasteiger partial charge on any atom is -0.371 e. The molecule has 0 saturated heterocycles. The second-order valence-corrected chi connectivity index (χ2v) is 4.88. The Bertz CT molecular complexity index is 786. The molecule has 0 radical (unpaired) electrons. The molecule has 0 spiro atoms. The first-order valence-corrected chi connectivity index (χ1v) is 6.82. The lowest BCUT2D eigenvalue weighted by Gasteiger charge is -2.04. The number of aromatic amines is 1. The van der Waals surface area contributed by atoms with Gasteiger partial charge in [-0.1, -0.05) is 23.7 Å². The molecule has 1 aromatic carbocycles. The smallest absolute Gasteiger partial charge is 0.230 e. The Balaban J connectivity index is 1.81. The third kappa shape index (κ3) is 2.99. The van der Waals surface area contributed by atoms with E-state index in [2.05, 4.69) is 30.8 Å². The Morgan fingerprint density at radius 1 is 1.23 bits per heavy atom. The van der Waals surface area contributed by atoms with Crippen LogP contribution in [0.3, 0.4) is 0 Å². The second kappa shape index (κ2) is 5.98. The van der Waals surface area contributed by atoms with Crippen LogP contribution in [0, 0.1) is 5.82 Å². The van der Waals surface area contributed by atoms with Crippen molar-refractivity contribution >= 4 is 29.2 Å². The number of hydrogen-bond acceptors (Lipinski definition) is 5. The summed E-state index contributed by atoms with van der Waals surface area (Å²) in [5.74, 6) is 0.376. The molecule has 0 aliphatic carbocycles. The number of nitrogens with zero attached hydrogens (tertiary/aromatic N) is 3. The fourth-order valence-electron chi connectivity index (χ4n) is 1.88. The van der Waals surface area contributed by atoms with Crippen molar-refractivity contribution in [1.82, 2.24) is 20.2 Å². The normalized spacial score (nSPS) is 10.5.